The molecule has 2 heterocycles. The molecule has 0 aliphatic heterocycles. The van der Waals surface area contributed by atoms with E-state index in [0.29, 0.717) is 22.3 Å². The molecule has 2 atom stereocenters. The van der Waals surface area contributed by atoms with Gasteiger partial charge in [0, 0.05) is 17.3 Å². The molecule has 0 unspecified atom stereocenters. The van der Waals surface area contributed by atoms with Crippen molar-refractivity contribution in [3.63, 3.8) is 0 Å². The van der Waals surface area contributed by atoms with Crippen LogP contribution in [0.4, 0.5) is 5.69 Å². The molecule has 11 heteroatoms. The van der Waals surface area contributed by atoms with Crippen LogP contribution in [0.15, 0.2) is 87.5 Å². The van der Waals surface area contributed by atoms with E-state index in [9.17, 15) is 19.5 Å². The topological polar surface area (TPSA) is 132 Å². The van der Waals surface area contributed by atoms with Crippen molar-refractivity contribution in [3.05, 3.63) is 110 Å². The maximum absolute atomic E-state index is 13.5. The van der Waals surface area contributed by atoms with Crippen LogP contribution in [0.3, 0.4) is 0 Å². The van der Waals surface area contributed by atoms with Crippen molar-refractivity contribution in [2.75, 3.05) is 0 Å². The molecule has 190 valence electrons. The van der Waals surface area contributed by atoms with Gasteiger partial charge in [0.2, 0.25) is 11.5 Å². The Morgan fingerprint density at radius 3 is 2.41 bits per heavy atom. The lowest BCUT2D eigenvalue weighted by Crippen LogP contribution is -2.52. The number of carbonyl (C=O) groups is 1. The number of benzene rings is 2. The molecule has 0 amide bonds. The lowest BCUT2D eigenvalue weighted by atomic mass is 10.0. The average molecular weight is 522 g/mol. The summed E-state index contributed by atoms with van der Waals surface area (Å²) in [5.74, 6) is -1.13. The number of carboxylic acids is 1. The van der Waals surface area contributed by atoms with Crippen LogP contribution < -0.4 is 21.7 Å². The number of pyridine rings is 1. The number of nitrogens with zero attached hydrogens (tertiary/aromatic N) is 4. The second kappa shape index (κ2) is 11.1. The zero-order chi connectivity index (χ0) is 26.5. The summed E-state index contributed by atoms with van der Waals surface area (Å²) >= 11 is 5.99. The lowest BCUT2D eigenvalue weighted by Gasteiger charge is -2.19. The largest absolute Gasteiger partial charge is 0.481 e. The summed E-state index contributed by atoms with van der Waals surface area (Å²) in [6.07, 6.45) is 1.62. The molecule has 4 rings (SSSR count). The first-order chi connectivity index (χ1) is 17.7. The highest BCUT2D eigenvalue weighted by atomic mass is 35.5. The first-order valence-corrected chi connectivity index (χ1v) is 11.8. The molecule has 0 aliphatic rings. The molecule has 2 N–H and O–H groups in total. The number of halogens is 1. The smallest absolute Gasteiger partial charge is 0.335 e. The van der Waals surface area contributed by atoms with Crippen LogP contribution >= 0.6 is 11.6 Å². The standard InChI is InChI=1S/C26H24ClN5O5/c1-16(23(33)34)17(2)32-25(35)30-24(31(26(32)36)15-18-6-8-19(27)9-7-18)29-20-10-12-21(13-11-20)37-22-5-3-4-14-28-22/h3-14,16-17H,15H2,1-2H3,(H,33,34)(H,29,30,35)/t16-,17+/m1/s1. The quantitative estimate of drug-likeness (QED) is 0.363. The molecule has 10 nitrogen and oxygen atoms in total. The summed E-state index contributed by atoms with van der Waals surface area (Å²) in [5, 5.41) is 9.95. The van der Waals surface area contributed by atoms with Crippen LogP contribution in [0.2, 0.25) is 5.02 Å². The predicted molar refractivity (Wildman–Crippen MR) is 137 cm³/mol. The van der Waals surface area contributed by atoms with Gasteiger partial charge >= 0.3 is 17.3 Å². The Morgan fingerprint density at radius 1 is 1.08 bits per heavy atom. The molecule has 0 fully saturated rings. The van der Waals surface area contributed by atoms with Gasteiger partial charge in [0.15, 0.2) is 0 Å². The van der Waals surface area contributed by atoms with E-state index in [1.54, 1.807) is 66.9 Å². The van der Waals surface area contributed by atoms with Crippen LogP contribution in [0.5, 0.6) is 11.6 Å². The van der Waals surface area contributed by atoms with E-state index >= 15 is 0 Å². The number of aromatic nitrogens is 4. The molecule has 2 aromatic carbocycles. The molecule has 0 radical (unpaired) electrons. The van der Waals surface area contributed by atoms with E-state index in [4.69, 9.17) is 16.3 Å². The minimum absolute atomic E-state index is 0.00905. The van der Waals surface area contributed by atoms with Crippen molar-refractivity contribution in [1.29, 1.82) is 0 Å². The number of aromatic amines is 1. The molecule has 37 heavy (non-hydrogen) atoms. The Bertz CT molecular complexity index is 1580. The van der Waals surface area contributed by atoms with Crippen LogP contribution in [0.25, 0.3) is 0 Å². The van der Waals surface area contributed by atoms with E-state index in [0.717, 1.165) is 10.1 Å². The monoisotopic (exact) mass is 521 g/mol. The van der Waals surface area contributed by atoms with E-state index < -0.39 is 29.3 Å². The van der Waals surface area contributed by atoms with Gasteiger partial charge in [-0.15, -0.1) is 0 Å². The van der Waals surface area contributed by atoms with Crippen molar-refractivity contribution >= 4 is 23.3 Å². The van der Waals surface area contributed by atoms with E-state index in [1.807, 2.05) is 6.07 Å². The zero-order valence-electron chi connectivity index (χ0n) is 20.0. The molecule has 2 aromatic heterocycles. The van der Waals surface area contributed by atoms with E-state index in [1.165, 1.54) is 18.4 Å². The normalized spacial score (nSPS) is 13.2. The van der Waals surface area contributed by atoms with Gasteiger partial charge in [-0.05, 0) is 61.9 Å². The van der Waals surface area contributed by atoms with Crippen molar-refractivity contribution in [3.8, 4) is 11.6 Å². The molecule has 0 spiro atoms. The van der Waals surface area contributed by atoms with Gasteiger partial charge < -0.3 is 9.84 Å². The molecular formula is C26H24ClN5O5. The van der Waals surface area contributed by atoms with Crippen molar-refractivity contribution in [1.82, 2.24) is 19.1 Å². The summed E-state index contributed by atoms with van der Waals surface area (Å²) in [4.78, 5) is 49.2. The van der Waals surface area contributed by atoms with Gasteiger partial charge in [0.1, 0.15) is 5.75 Å². The Hall–Kier alpha value is -4.44. The Labute approximate surface area is 216 Å². The van der Waals surface area contributed by atoms with Crippen LogP contribution in [0.1, 0.15) is 25.5 Å². The number of hydrogen-bond donors (Lipinski definition) is 2. The van der Waals surface area contributed by atoms with Gasteiger partial charge in [-0.25, -0.2) is 24.1 Å². The minimum atomic E-state index is -1.12. The summed E-state index contributed by atoms with van der Waals surface area (Å²) in [5.41, 5.74) is -0.243. The molecule has 4 aromatic rings. The van der Waals surface area contributed by atoms with Crippen LogP contribution in [-0.2, 0) is 11.3 Å². The number of H-pyrrole nitrogens is 1. The third-order valence-electron chi connectivity index (χ3n) is 5.84. The zero-order valence-corrected chi connectivity index (χ0v) is 20.8. The fourth-order valence-corrected chi connectivity index (χ4v) is 3.69. The highest BCUT2D eigenvalue weighted by Gasteiger charge is 2.25. The number of rotatable bonds is 8. The van der Waals surface area contributed by atoms with Gasteiger partial charge in [-0.3, -0.25) is 14.3 Å². The first kappa shape index (κ1) is 25.6. The molecule has 0 saturated heterocycles. The maximum Gasteiger partial charge on any atom is 0.335 e. The molecule has 0 aliphatic carbocycles. The average Bonchev–Trinajstić information content (AvgIpc) is 2.88. The Balaban J connectivity index is 1.78. The molecular weight excluding hydrogens is 498 g/mol. The third kappa shape index (κ3) is 6.04. The second-order valence-electron chi connectivity index (χ2n) is 8.36. The SMILES string of the molecule is C[C@@H](C(=O)O)[C@H](C)n1c(=O)[nH]/c(=N\c2ccc(Oc3ccccn3)cc2)n(Cc2ccc(Cl)cc2)c1=O. The summed E-state index contributed by atoms with van der Waals surface area (Å²) in [6.45, 7) is 3.02. The van der Waals surface area contributed by atoms with Gasteiger partial charge in [0.25, 0.3) is 0 Å². The van der Waals surface area contributed by atoms with E-state index in [2.05, 4.69) is 15.0 Å². The van der Waals surface area contributed by atoms with E-state index in [-0.39, 0.29) is 12.2 Å². The fraction of sp³-hybridized carbons (Fsp3) is 0.192. The lowest BCUT2D eigenvalue weighted by molar-refractivity contribution is -0.142. The number of ether oxygens (including phenoxy) is 1. The van der Waals surface area contributed by atoms with Gasteiger partial charge in [-0.2, -0.15) is 0 Å². The van der Waals surface area contributed by atoms with Crippen LogP contribution in [-0.4, -0.2) is 30.2 Å². The number of aliphatic carboxylic acids is 1. The summed E-state index contributed by atoms with van der Waals surface area (Å²) < 4.78 is 7.88. The molecule has 0 saturated carbocycles. The van der Waals surface area contributed by atoms with Gasteiger partial charge in [0.05, 0.1) is 24.2 Å². The van der Waals surface area contributed by atoms with Crippen molar-refractivity contribution in [2.45, 2.75) is 26.4 Å². The van der Waals surface area contributed by atoms with Crippen LogP contribution in [0, 0.1) is 5.92 Å². The first-order valence-electron chi connectivity index (χ1n) is 11.4. The third-order valence-corrected chi connectivity index (χ3v) is 6.09. The summed E-state index contributed by atoms with van der Waals surface area (Å²) in [6, 6.07) is 18.0. The highest BCUT2D eigenvalue weighted by Crippen LogP contribution is 2.22. The highest BCUT2D eigenvalue weighted by molar-refractivity contribution is 6.30. The minimum Gasteiger partial charge on any atom is -0.481 e. The summed E-state index contributed by atoms with van der Waals surface area (Å²) in [7, 11) is 0. The van der Waals surface area contributed by atoms with Crippen molar-refractivity contribution < 1.29 is 14.6 Å². The number of carboxylic acid groups (broad SMARTS) is 1. The van der Waals surface area contributed by atoms with Crippen molar-refractivity contribution in [2.24, 2.45) is 10.9 Å². The second-order valence-corrected chi connectivity index (χ2v) is 8.80. The Morgan fingerprint density at radius 2 is 1.78 bits per heavy atom. The maximum atomic E-state index is 13.5. The predicted octanol–water partition coefficient (Wildman–Crippen LogP) is 3.74. The fourth-order valence-electron chi connectivity index (χ4n) is 3.56. The number of hydrogen-bond acceptors (Lipinski definition) is 6. The Kier molecular flexibility index (Phi) is 7.69. The van der Waals surface area contributed by atoms with Gasteiger partial charge in [-0.1, -0.05) is 29.8 Å². The number of nitrogens with one attached hydrogen (secondary N) is 1. The molecule has 0 bridgehead atoms.